The van der Waals surface area contributed by atoms with Gasteiger partial charge in [0.2, 0.25) is 5.95 Å². The zero-order valence-electron chi connectivity index (χ0n) is 11.8. The summed E-state index contributed by atoms with van der Waals surface area (Å²) in [6, 6.07) is 9.47. The maximum Gasteiger partial charge on any atom is 0.252 e. The fourth-order valence-corrected chi connectivity index (χ4v) is 1.74. The Labute approximate surface area is 117 Å². The molecule has 0 saturated carbocycles. The standard InChI is InChI=1S/C15H18N4O/c1-10(2)13-8-14(20)18-15(17-13)19-16-9-12-6-4-5-11(3)7-12/h4-10H,1-3H3,(H2,17,18,19,20)/b16-9-. The second-order valence-electron chi connectivity index (χ2n) is 4.96. The van der Waals surface area contributed by atoms with Crippen LogP contribution in [-0.4, -0.2) is 16.2 Å². The molecule has 1 heterocycles. The summed E-state index contributed by atoms with van der Waals surface area (Å²) in [6.07, 6.45) is 1.69. The van der Waals surface area contributed by atoms with Crippen LogP contribution >= 0.6 is 0 Å². The molecule has 0 aliphatic carbocycles. The number of hydrogen-bond donors (Lipinski definition) is 2. The number of aromatic nitrogens is 2. The van der Waals surface area contributed by atoms with Crippen molar-refractivity contribution in [3.05, 3.63) is 57.5 Å². The van der Waals surface area contributed by atoms with Crippen LogP contribution in [0.15, 0.2) is 40.2 Å². The third kappa shape index (κ3) is 3.78. The van der Waals surface area contributed by atoms with E-state index in [1.54, 1.807) is 6.21 Å². The van der Waals surface area contributed by atoms with Gasteiger partial charge in [-0.1, -0.05) is 43.7 Å². The first kappa shape index (κ1) is 14.0. The lowest BCUT2D eigenvalue weighted by Gasteiger charge is -2.05. The predicted molar refractivity (Wildman–Crippen MR) is 81.3 cm³/mol. The number of aromatic amines is 1. The fourth-order valence-electron chi connectivity index (χ4n) is 1.74. The summed E-state index contributed by atoms with van der Waals surface area (Å²) in [5.74, 6) is 0.545. The summed E-state index contributed by atoms with van der Waals surface area (Å²) >= 11 is 0. The van der Waals surface area contributed by atoms with Gasteiger partial charge in [-0.15, -0.1) is 0 Å². The van der Waals surface area contributed by atoms with Gasteiger partial charge >= 0.3 is 0 Å². The van der Waals surface area contributed by atoms with Crippen LogP contribution in [0.4, 0.5) is 5.95 Å². The Bertz CT molecular complexity index is 674. The van der Waals surface area contributed by atoms with Crippen LogP contribution in [0.5, 0.6) is 0 Å². The SMILES string of the molecule is Cc1cccc(/C=N\Nc2nc(C(C)C)cc(=O)[nH]2)c1. The third-order valence-corrected chi connectivity index (χ3v) is 2.78. The van der Waals surface area contributed by atoms with Gasteiger partial charge in [0, 0.05) is 6.07 Å². The lowest BCUT2D eigenvalue weighted by atomic mass is 10.1. The third-order valence-electron chi connectivity index (χ3n) is 2.78. The van der Waals surface area contributed by atoms with Crippen molar-refractivity contribution in [2.75, 3.05) is 5.43 Å². The van der Waals surface area contributed by atoms with Crippen molar-refractivity contribution >= 4 is 12.2 Å². The predicted octanol–water partition coefficient (Wildman–Crippen LogP) is 2.65. The highest BCUT2D eigenvalue weighted by molar-refractivity contribution is 5.80. The smallest absolute Gasteiger partial charge is 0.252 e. The van der Waals surface area contributed by atoms with Crippen LogP contribution in [0.1, 0.15) is 36.6 Å². The number of aryl methyl sites for hydroxylation is 1. The molecule has 1 aromatic carbocycles. The summed E-state index contributed by atoms with van der Waals surface area (Å²) in [5, 5.41) is 4.09. The molecular formula is C15H18N4O. The molecule has 5 heteroatoms. The van der Waals surface area contributed by atoms with Gasteiger partial charge in [-0.25, -0.2) is 10.4 Å². The molecule has 0 fully saturated rings. The number of H-pyrrole nitrogens is 1. The fraction of sp³-hybridized carbons (Fsp3) is 0.267. The maximum atomic E-state index is 11.5. The molecule has 0 radical (unpaired) electrons. The number of nitrogens with one attached hydrogen (secondary N) is 2. The molecule has 104 valence electrons. The number of anilines is 1. The molecule has 2 rings (SSSR count). The van der Waals surface area contributed by atoms with Gasteiger partial charge in [-0.3, -0.25) is 9.78 Å². The highest BCUT2D eigenvalue weighted by Gasteiger charge is 2.04. The average Bonchev–Trinajstić information content (AvgIpc) is 2.38. The molecule has 0 amide bonds. The first-order chi connectivity index (χ1) is 9.54. The van der Waals surface area contributed by atoms with Gasteiger partial charge in [0.05, 0.1) is 11.9 Å². The zero-order chi connectivity index (χ0) is 14.5. The average molecular weight is 270 g/mol. The Kier molecular flexibility index (Phi) is 4.30. The minimum absolute atomic E-state index is 0.183. The monoisotopic (exact) mass is 270 g/mol. The van der Waals surface area contributed by atoms with Crippen LogP contribution < -0.4 is 11.0 Å². The summed E-state index contributed by atoms with van der Waals surface area (Å²) in [5.41, 5.74) is 5.46. The van der Waals surface area contributed by atoms with E-state index in [0.29, 0.717) is 5.95 Å². The summed E-state index contributed by atoms with van der Waals surface area (Å²) in [4.78, 5) is 18.4. The molecule has 0 spiro atoms. The van der Waals surface area contributed by atoms with Crippen molar-refractivity contribution in [2.24, 2.45) is 5.10 Å². The molecule has 20 heavy (non-hydrogen) atoms. The van der Waals surface area contributed by atoms with E-state index in [1.165, 1.54) is 11.6 Å². The molecule has 0 unspecified atom stereocenters. The van der Waals surface area contributed by atoms with Crippen LogP contribution in [0.25, 0.3) is 0 Å². The highest BCUT2D eigenvalue weighted by Crippen LogP contribution is 2.10. The lowest BCUT2D eigenvalue weighted by Crippen LogP contribution is -2.12. The van der Waals surface area contributed by atoms with Crippen molar-refractivity contribution in [1.82, 2.24) is 9.97 Å². The largest absolute Gasteiger partial charge is 0.291 e. The lowest BCUT2D eigenvalue weighted by molar-refractivity contribution is 0.810. The number of rotatable bonds is 4. The van der Waals surface area contributed by atoms with E-state index in [0.717, 1.165) is 11.3 Å². The van der Waals surface area contributed by atoms with Crippen LogP contribution in [0.3, 0.4) is 0 Å². The summed E-state index contributed by atoms with van der Waals surface area (Å²) in [6.45, 7) is 6.00. The van der Waals surface area contributed by atoms with Crippen molar-refractivity contribution in [3.63, 3.8) is 0 Å². The van der Waals surface area contributed by atoms with E-state index in [4.69, 9.17) is 0 Å². The van der Waals surface area contributed by atoms with Gasteiger partial charge in [0.25, 0.3) is 5.56 Å². The van der Waals surface area contributed by atoms with E-state index in [1.807, 2.05) is 45.0 Å². The first-order valence-corrected chi connectivity index (χ1v) is 6.51. The van der Waals surface area contributed by atoms with Crippen molar-refractivity contribution in [1.29, 1.82) is 0 Å². The van der Waals surface area contributed by atoms with Crippen LogP contribution in [0.2, 0.25) is 0 Å². The minimum Gasteiger partial charge on any atom is -0.291 e. The summed E-state index contributed by atoms with van der Waals surface area (Å²) in [7, 11) is 0. The molecule has 0 aliphatic heterocycles. The second kappa shape index (κ2) is 6.14. The van der Waals surface area contributed by atoms with E-state index >= 15 is 0 Å². The number of hydrazone groups is 1. The Morgan fingerprint density at radius 1 is 1.35 bits per heavy atom. The van der Waals surface area contributed by atoms with Crippen molar-refractivity contribution in [2.45, 2.75) is 26.7 Å². The highest BCUT2D eigenvalue weighted by atomic mass is 16.1. The van der Waals surface area contributed by atoms with E-state index in [-0.39, 0.29) is 11.5 Å². The van der Waals surface area contributed by atoms with Gasteiger partial charge < -0.3 is 0 Å². The number of benzene rings is 1. The number of hydrogen-bond acceptors (Lipinski definition) is 4. The van der Waals surface area contributed by atoms with Gasteiger partial charge in [-0.2, -0.15) is 5.10 Å². The van der Waals surface area contributed by atoms with E-state index in [9.17, 15) is 4.79 Å². The molecule has 1 aromatic heterocycles. The minimum atomic E-state index is -0.183. The van der Waals surface area contributed by atoms with Gasteiger partial charge in [0.15, 0.2) is 0 Å². The molecule has 0 saturated heterocycles. The van der Waals surface area contributed by atoms with Crippen LogP contribution in [0, 0.1) is 6.92 Å². The van der Waals surface area contributed by atoms with Crippen LogP contribution in [-0.2, 0) is 0 Å². The van der Waals surface area contributed by atoms with Gasteiger partial charge in [0.1, 0.15) is 0 Å². The molecule has 2 aromatic rings. The van der Waals surface area contributed by atoms with E-state index < -0.39 is 0 Å². The Morgan fingerprint density at radius 3 is 2.85 bits per heavy atom. The molecule has 0 atom stereocenters. The molecule has 0 bridgehead atoms. The normalized spacial score (nSPS) is 11.2. The molecule has 5 nitrogen and oxygen atoms in total. The maximum absolute atomic E-state index is 11.5. The Hall–Kier alpha value is -2.43. The zero-order valence-corrected chi connectivity index (χ0v) is 11.8. The topological polar surface area (TPSA) is 70.1 Å². The Balaban J connectivity index is 2.13. The second-order valence-corrected chi connectivity index (χ2v) is 4.96. The van der Waals surface area contributed by atoms with Gasteiger partial charge in [-0.05, 0) is 18.4 Å². The quantitative estimate of drug-likeness (QED) is 0.663. The molecule has 0 aliphatic rings. The van der Waals surface area contributed by atoms with Crippen molar-refractivity contribution in [3.8, 4) is 0 Å². The number of nitrogens with zero attached hydrogens (tertiary/aromatic N) is 2. The summed E-state index contributed by atoms with van der Waals surface area (Å²) < 4.78 is 0. The van der Waals surface area contributed by atoms with E-state index in [2.05, 4.69) is 20.5 Å². The Morgan fingerprint density at radius 2 is 2.15 bits per heavy atom. The molecule has 2 N–H and O–H groups in total. The first-order valence-electron chi connectivity index (χ1n) is 6.51. The van der Waals surface area contributed by atoms with Crippen molar-refractivity contribution < 1.29 is 0 Å². The molecular weight excluding hydrogens is 252 g/mol.